The minimum atomic E-state index is -0.466. The Morgan fingerprint density at radius 2 is 1.58 bits per heavy atom. The smallest absolute Gasteiger partial charge is 0.338 e. The first-order valence-electron chi connectivity index (χ1n) is 10.7. The molecule has 0 unspecified atom stereocenters. The summed E-state index contributed by atoms with van der Waals surface area (Å²) in [7, 11) is 3.03. The fourth-order valence-corrected chi connectivity index (χ4v) is 3.69. The van der Waals surface area contributed by atoms with E-state index in [4.69, 9.17) is 14.2 Å². The molecule has 0 spiro atoms. The average Bonchev–Trinajstić information content (AvgIpc) is 2.83. The molecule has 0 aromatic heterocycles. The van der Waals surface area contributed by atoms with E-state index in [2.05, 4.69) is 10.2 Å². The van der Waals surface area contributed by atoms with Crippen LogP contribution in [0.5, 0.6) is 11.5 Å². The molecule has 0 radical (unpaired) electrons. The van der Waals surface area contributed by atoms with Gasteiger partial charge in [-0.1, -0.05) is 0 Å². The summed E-state index contributed by atoms with van der Waals surface area (Å²) in [5, 5.41) is 2.92. The van der Waals surface area contributed by atoms with Gasteiger partial charge in [-0.25, -0.2) is 4.79 Å². The third-order valence-corrected chi connectivity index (χ3v) is 5.47. The number of carbonyl (C=O) groups excluding carboxylic acids is 3. The van der Waals surface area contributed by atoms with Crippen LogP contribution in [0.4, 0.5) is 11.4 Å². The number of piperazine rings is 1. The Kier molecular flexibility index (Phi) is 7.76. The minimum absolute atomic E-state index is 0.0364. The normalized spacial score (nSPS) is 13.3. The number of carbonyl (C=O) groups is 3. The maximum atomic E-state index is 13.1. The number of esters is 1. The van der Waals surface area contributed by atoms with Crippen LogP contribution >= 0.6 is 0 Å². The van der Waals surface area contributed by atoms with E-state index >= 15 is 0 Å². The van der Waals surface area contributed by atoms with Crippen molar-refractivity contribution in [2.24, 2.45) is 0 Å². The van der Waals surface area contributed by atoms with Crippen molar-refractivity contribution in [2.45, 2.75) is 13.8 Å². The molecule has 1 fully saturated rings. The standard InChI is InChI=1S/C24H29N3O6/c1-5-33-24(30)18-6-8-20(27-12-10-26(11-13-27)16(2)28)19(14-18)25-23(29)17-7-9-21(31-3)22(15-17)32-4/h6-9,14-15H,5,10-13H2,1-4H3,(H,25,29). The number of methoxy groups -OCH3 is 2. The Hall–Kier alpha value is -3.75. The van der Waals surface area contributed by atoms with Gasteiger partial charge in [-0.3, -0.25) is 9.59 Å². The average molecular weight is 456 g/mol. The molecule has 0 atom stereocenters. The van der Waals surface area contributed by atoms with Gasteiger partial charge in [0.15, 0.2) is 11.5 Å². The molecule has 9 nitrogen and oxygen atoms in total. The Morgan fingerprint density at radius 1 is 0.909 bits per heavy atom. The van der Waals surface area contributed by atoms with E-state index < -0.39 is 5.97 Å². The van der Waals surface area contributed by atoms with Gasteiger partial charge >= 0.3 is 5.97 Å². The molecule has 3 rings (SSSR count). The van der Waals surface area contributed by atoms with Gasteiger partial charge < -0.3 is 29.3 Å². The molecular weight excluding hydrogens is 426 g/mol. The fourth-order valence-electron chi connectivity index (χ4n) is 3.69. The van der Waals surface area contributed by atoms with E-state index in [0.29, 0.717) is 54.5 Å². The largest absolute Gasteiger partial charge is 0.493 e. The molecule has 176 valence electrons. The second-order valence-electron chi connectivity index (χ2n) is 7.47. The molecule has 1 N–H and O–H groups in total. The molecule has 1 heterocycles. The predicted molar refractivity (Wildman–Crippen MR) is 124 cm³/mol. The summed E-state index contributed by atoms with van der Waals surface area (Å²) in [6.07, 6.45) is 0. The highest BCUT2D eigenvalue weighted by Gasteiger charge is 2.23. The zero-order valence-corrected chi connectivity index (χ0v) is 19.3. The summed E-state index contributed by atoms with van der Waals surface area (Å²) in [4.78, 5) is 40.9. The van der Waals surface area contributed by atoms with Gasteiger partial charge in [-0.15, -0.1) is 0 Å². The van der Waals surface area contributed by atoms with E-state index in [1.807, 2.05) is 0 Å². The van der Waals surface area contributed by atoms with E-state index in [-0.39, 0.29) is 18.4 Å². The van der Waals surface area contributed by atoms with Gasteiger partial charge in [-0.05, 0) is 43.3 Å². The quantitative estimate of drug-likeness (QED) is 0.641. The van der Waals surface area contributed by atoms with Crippen LogP contribution in [-0.4, -0.2) is 69.7 Å². The summed E-state index contributed by atoms with van der Waals surface area (Å²) < 4.78 is 15.6. The highest BCUT2D eigenvalue weighted by molar-refractivity contribution is 6.07. The first kappa shape index (κ1) is 23.9. The lowest BCUT2D eigenvalue weighted by Crippen LogP contribution is -2.48. The number of anilines is 2. The summed E-state index contributed by atoms with van der Waals surface area (Å²) in [5.41, 5.74) is 1.96. The number of ether oxygens (including phenoxy) is 3. The van der Waals surface area contributed by atoms with Crippen LogP contribution < -0.4 is 19.7 Å². The lowest BCUT2D eigenvalue weighted by atomic mass is 10.1. The van der Waals surface area contributed by atoms with E-state index in [9.17, 15) is 14.4 Å². The van der Waals surface area contributed by atoms with Crippen molar-refractivity contribution in [3.63, 3.8) is 0 Å². The van der Waals surface area contributed by atoms with E-state index in [1.54, 1.807) is 55.1 Å². The Labute approximate surface area is 193 Å². The van der Waals surface area contributed by atoms with Gasteiger partial charge in [0.1, 0.15) is 0 Å². The Bertz CT molecular complexity index is 1030. The molecular formula is C24H29N3O6. The van der Waals surface area contributed by atoms with Crippen molar-refractivity contribution >= 4 is 29.2 Å². The zero-order valence-electron chi connectivity index (χ0n) is 19.3. The van der Waals surface area contributed by atoms with Crippen LogP contribution in [0.1, 0.15) is 34.6 Å². The van der Waals surface area contributed by atoms with Crippen molar-refractivity contribution in [1.29, 1.82) is 0 Å². The van der Waals surface area contributed by atoms with Crippen LogP contribution in [0.25, 0.3) is 0 Å². The number of rotatable bonds is 7. The lowest BCUT2D eigenvalue weighted by Gasteiger charge is -2.36. The number of hydrogen-bond donors (Lipinski definition) is 1. The molecule has 0 saturated carbocycles. The molecule has 1 aliphatic rings. The van der Waals surface area contributed by atoms with Crippen LogP contribution in [0.3, 0.4) is 0 Å². The number of hydrogen-bond acceptors (Lipinski definition) is 7. The molecule has 0 bridgehead atoms. The summed E-state index contributed by atoms with van der Waals surface area (Å²) >= 11 is 0. The van der Waals surface area contributed by atoms with Gasteiger partial charge in [0, 0.05) is 38.7 Å². The molecule has 1 aliphatic heterocycles. The van der Waals surface area contributed by atoms with E-state index in [1.165, 1.54) is 14.2 Å². The number of amides is 2. The molecule has 1 saturated heterocycles. The van der Waals surface area contributed by atoms with Gasteiger partial charge in [-0.2, -0.15) is 0 Å². The van der Waals surface area contributed by atoms with Gasteiger partial charge in [0.25, 0.3) is 5.91 Å². The van der Waals surface area contributed by atoms with Crippen molar-refractivity contribution < 1.29 is 28.6 Å². The summed E-state index contributed by atoms with van der Waals surface area (Å²) in [5.74, 6) is 0.162. The maximum Gasteiger partial charge on any atom is 0.338 e. The van der Waals surface area contributed by atoms with Crippen LogP contribution in [0.15, 0.2) is 36.4 Å². The molecule has 2 aromatic carbocycles. The first-order chi connectivity index (χ1) is 15.9. The fraction of sp³-hybridized carbons (Fsp3) is 0.375. The van der Waals surface area contributed by atoms with Crippen molar-refractivity contribution in [3.8, 4) is 11.5 Å². The number of nitrogens with one attached hydrogen (secondary N) is 1. The van der Waals surface area contributed by atoms with Crippen molar-refractivity contribution in [3.05, 3.63) is 47.5 Å². The van der Waals surface area contributed by atoms with Crippen LogP contribution in [-0.2, 0) is 9.53 Å². The second kappa shape index (κ2) is 10.7. The Balaban J connectivity index is 1.90. The Morgan fingerprint density at radius 3 is 2.18 bits per heavy atom. The maximum absolute atomic E-state index is 13.1. The predicted octanol–water partition coefficient (Wildman–Crippen LogP) is 2.80. The third-order valence-electron chi connectivity index (χ3n) is 5.47. The summed E-state index contributed by atoms with van der Waals surface area (Å²) in [6, 6.07) is 9.97. The SMILES string of the molecule is CCOC(=O)c1ccc(N2CCN(C(C)=O)CC2)c(NC(=O)c2ccc(OC)c(OC)c2)c1. The minimum Gasteiger partial charge on any atom is -0.493 e. The molecule has 0 aliphatic carbocycles. The molecule has 9 heteroatoms. The molecule has 2 amide bonds. The summed E-state index contributed by atoms with van der Waals surface area (Å²) in [6.45, 7) is 5.92. The zero-order chi connectivity index (χ0) is 24.0. The first-order valence-corrected chi connectivity index (χ1v) is 10.7. The third kappa shape index (κ3) is 5.54. The lowest BCUT2D eigenvalue weighted by molar-refractivity contribution is -0.129. The van der Waals surface area contributed by atoms with Gasteiger partial charge in [0.2, 0.25) is 5.91 Å². The highest BCUT2D eigenvalue weighted by atomic mass is 16.5. The van der Waals surface area contributed by atoms with Gasteiger partial charge in [0.05, 0.1) is 37.8 Å². The number of nitrogens with zero attached hydrogens (tertiary/aromatic N) is 2. The second-order valence-corrected chi connectivity index (χ2v) is 7.47. The monoisotopic (exact) mass is 455 g/mol. The van der Waals surface area contributed by atoms with Crippen molar-refractivity contribution in [1.82, 2.24) is 4.90 Å². The van der Waals surface area contributed by atoms with Crippen LogP contribution in [0.2, 0.25) is 0 Å². The van der Waals surface area contributed by atoms with E-state index in [0.717, 1.165) is 5.69 Å². The van der Waals surface area contributed by atoms with Crippen molar-refractivity contribution in [2.75, 3.05) is 57.2 Å². The van der Waals surface area contributed by atoms with Crippen LogP contribution in [0, 0.1) is 0 Å². The number of benzene rings is 2. The topological polar surface area (TPSA) is 97.4 Å². The molecule has 33 heavy (non-hydrogen) atoms. The molecule has 2 aromatic rings. The highest BCUT2D eigenvalue weighted by Crippen LogP contribution is 2.31.